The molecule has 0 saturated carbocycles. The molecule has 3 nitrogen and oxygen atoms in total. The predicted octanol–water partition coefficient (Wildman–Crippen LogP) is 3.34. The first-order valence-electron chi connectivity index (χ1n) is 6.30. The highest BCUT2D eigenvalue weighted by atomic mass is 127. The minimum Gasteiger partial charge on any atom is -0.215 e. The standard InChI is InChI=1S/C12H26INO2S/c1-12(2,3)8-11-17(15,16)14-10-7-5-4-6-9-13/h14H,4-11H2,1-3H3. The van der Waals surface area contributed by atoms with Gasteiger partial charge in [-0.25, -0.2) is 13.1 Å². The molecule has 0 fully saturated rings. The van der Waals surface area contributed by atoms with Gasteiger partial charge < -0.3 is 0 Å². The quantitative estimate of drug-likeness (QED) is 0.382. The van der Waals surface area contributed by atoms with Gasteiger partial charge in [0.25, 0.3) is 0 Å². The fourth-order valence-electron chi connectivity index (χ4n) is 1.31. The van der Waals surface area contributed by atoms with Crippen molar-refractivity contribution in [3.05, 3.63) is 0 Å². The lowest BCUT2D eigenvalue weighted by molar-refractivity contribution is 0.396. The van der Waals surface area contributed by atoms with Gasteiger partial charge in [-0.15, -0.1) is 0 Å². The lowest BCUT2D eigenvalue weighted by atomic mass is 9.94. The molecule has 17 heavy (non-hydrogen) atoms. The Morgan fingerprint density at radius 1 is 1.06 bits per heavy atom. The van der Waals surface area contributed by atoms with Crippen molar-refractivity contribution in [2.24, 2.45) is 5.41 Å². The molecule has 0 aromatic heterocycles. The Labute approximate surface area is 120 Å². The number of alkyl halides is 1. The summed E-state index contributed by atoms with van der Waals surface area (Å²) in [7, 11) is -3.06. The smallest absolute Gasteiger partial charge is 0.211 e. The minimum atomic E-state index is -3.06. The Hall–Kier alpha value is 0.640. The van der Waals surface area contributed by atoms with Crippen LogP contribution in [0.3, 0.4) is 0 Å². The summed E-state index contributed by atoms with van der Waals surface area (Å²) in [6.07, 6.45) is 5.21. The molecule has 0 aromatic rings. The molecule has 0 aliphatic heterocycles. The Bertz CT molecular complexity index is 283. The van der Waals surface area contributed by atoms with Gasteiger partial charge in [-0.05, 0) is 29.1 Å². The summed E-state index contributed by atoms with van der Waals surface area (Å²) in [6, 6.07) is 0. The fraction of sp³-hybridized carbons (Fsp3) is 1.00. The molecule has 0 bridgehead atoms. The van der Waals surface area contributed by atoms with E-state index in [-0.39, 0.29) is 11.2 Å². The van der Waals surface area contributed by atoms with E-state index in [0.717, 1.165) is 12.8 Å². The van der Waals surface area contributed by atoms with Gasteiger partial charge in [0, 0.05) is 6.54 Å². The number of halogens is 1. The molecule has 104 valence electrons. The molecule has 0 aliphatic rings. The predicted molar refractivity (Wildman–Crippen MR) is 83.2 cm³/mol. The second-order valence-electron chi connectivity index (χ2n) is 5.63. The van der Waals surface area contributed by atoms with Crippen LogP contribution >= 0.6 is 22.6 Å². The molecule has 0 saturated heterocycles. The van der Waals surface area contributed by atoms with Crippen molar-refractivity contribution in [2.45, 2.75) is 52.9 Å². The molecule has 0 aromatic carbocycles. The highest BCUT2D eigenvalue weighted by Crippen LogP contribution is 2.18. The van der Waals surface area contributed by atoms with E-state index >= 15 is 0 Å². The van der Waals surface area contributed by atoms with E-state index in [1.807, 2.05) is 0 Å². The van der Waals surface area contributed by atoms with Gasteiger partial charge in [0.15, 0.2) is 0 Å². The van der Waals surface area contributed by atoms with Crippen LogP contribution in [0.15, 0.2) is 0 Å². The number of hydrogen-bond acceptors (Lipinski definition) is 2. The Balaban J connectivity index is 3.65. The molecule has 0 atom stereocenters. The lowest BCUT2D eigenvalue weighted by Crippen LogP contribution is -2.29. The lowest BCUT2D eigenvalue weighted by Gasteiger charge is -2.17. The van der Waals surface area contributed by atoms with Crippen LogP contribution in [0.5, 0.6) is 0 Å². The molecule has 0 aliphatic carbocycles. The van der Waals surface area contributed by atoms with Crippen molar-refractivity contribution in [3.8, 4) is 0 Å². The number of sulfonamides is 1. The molecule has 0 radical (unpaired) electrons. The summed E-state index contributed by atoms with van der Waals surface area (Å²) in [6.45, 7) is 6.78. The number of unbranched alkanes of at least 4 members (excludes halogenated alkanes) is 3. The third kappa shape index (κ3) is 12.9. The Morgan fingerprint density at radius 3 is 2.18 bits per heavy atom. The highest BCUT2D eigenvalue weighted by molar-refractivity contribution is 14.1. The van der Waals surface area contributed by atoms with Crippen molar-refractivity contribution in [2.75, 3.05) is 16.7 Å². The van der Waals surface area contributed by atoms with E-state index in [4.69, 9.17) is 0 Å². The fourth-order valence-corrected chi connectivity index (χ4v) is 3.33. The summed E-state index contributed by atoms with van der Waals surface area (Å²) in [5, 5.41) is 0. The molecule has 0 amide bonds. The third-order valence-corrected chi connectivity index (χ3v) is 4.65. The van der Waals surface area contributed by atoms with Gasteiger partial charge in [-0.2, -0.15) is 0 Å². The first-order chi connectivity index (χ1) is 7.77. The van der Waals surface area contributed by atoms with E-state index in [0.29, 0.717) is 13.0 Å². The number of hydrogen-bond donors (Lipinski definition) is 1. The van der Waals surface area contributed by atoms with Gasteiger partial charge in [0.05, 0.1) is 5.75 Å². The summed E-state index contributed by atoms with van der Waals surface area (Å²) in [5.74, 6) is 0.240. The van der Waals surface area contributed by atoms with Gasteiger partial charge in [0.1, 0.15) is 0 Å². The molecular weight excluding hydrogens is 349 g/mol. The van der Waals surface area contributed by atoms with Crippen molar-refractivity contribution in [1.29, 1.82) is 0 Å². The maximum atomic E-state index is 11.7. The van der Waals surface area contributed by atoms with Crippen LogP contribution in [0, 0.1) is 5.41 Å². The van der Waals surface area contributed by atoms with Crippen LogP contribution in [-0.4, -0.2) is 25.1 Å². The van der Waals surface area contributed by atoms with Gasteiger partial charge in [-0.3, -0.25) is 0 Å². The average Bonchev–Trinajstić information content (AvgIpc) is 2.20. The Kier molecular flexibility index (Phi) is 9.02. The van der Waals surface area contributed by atoms with Crippen LogP contribution in [0.2, 0.25) is 0 Å². The maximum absolute atomic E-state index is 11.7. The molecule has 1 N–H and O–H groups in total. The largest absolute Gasteiger partial charge is 0.215 e. The van der Waals surface area contributed by atoms with Crippen LogP contribution in [0.1, 0.15) is 52.9 Å². The van der Waals surface area contributed by atoms with Crippen LogP contribution in [-0.2, 0) is 10.0 Å². The van der Waals surface area contributed by atoms with E-state index in [1.54, 1.807) is 0 Å². The summed E-state index contributed by atoms with van der Waals surface area (Å²) < 4.78 is 27.2. The first-order valence-corrected chi connectivity index (χ1v) is 9.48. The second kappa shape index (κ2) is 8.69. The van der Waals surface area contributed by atoms with Crippen LogP contribution in [0.4, 0.5) is 0 Å². The Morgan fingerprint density at radius 2 is 1.65 bits per heavy atom. The van der Waals surface area contributed by atoms with Crippen LogP contribution in [0.25, 0.3) is 0 Å². The van der Waals surface area contributed by atoms with Gasteiger partial charge in [0.2, 0.25) is 10.0 Å². The number of nitrogens with one attached hydrogen (secondary N) is 1. The summed E-state index contributed by atoms with van der Waals surface area (Å²) >= 11 is 2.37. The van der Waals surface area contributed by atoms with Crippen molar-refractivity contribution in [3.63, 3.8) is 0 Å². The normalized spacial score (nSPS) is 12.9. The van der Waals surface area contributed by atoms with Gasteiger partial charge >= 0.3 is 0 Å². The third-order valence-electron chi connectivity index (χ3n) is 2.50. The van der Waals surface area contributed by atoms with Gasteiger partial charge in [-0.1, -0.05) is 56.2 Å². The summed E-state index contributed by atoms with van der Waals surface area (Å²) in [4.78, 5) is 0. The van der Waals surface area contributed by atoms with E-state index in [1.165, 1.54) is 17.3 Å². The molecule has 0 unspecified atom stereocenters. The maximum Gasteiger partial charge on any atom is 0.211 e. The zero-order chi connectivity index (χ0) is 13.4. The van der Waals surface area contributed by atoms with E-state index < -0.39 is 10.0 Å². The highest BCUT2D eigenvalue weighted by Gasteiger charge is 2.16. The monoisotopic (exact) mass is 375 g/mol. The molecule has 0 heterocycles. The number of rotatable bonds is 9. The molecular formula is C12H26INO2S. The second-order valence-corrected chi connectivity index (χ2v) is 8.63. The molecule has 0 spiro atoms. The first kappa shape index (κ1) is 17.6. The molecule has 0 rings (SSSR count). The zero-order valence-electron chi connectivity index (χ0n) is 11.3. The minimum absolute atomic E-state index is 0.0784. The topological polar surface area (TPSA) is 46.2 Å². The van der Waals surface area contributed by atoms with Crippen molar-refractivity contribution >= 4 is 32.6 Å². The van der Waals surface area contributed by atoms with Crippen molar-refractivity contribution < 1.29 is 8.42 Å². The average molecular weight is 375 g/mol. The summed E-state index contributed by atoms with van der Waals surface area (Å²) in [5.41, 5.74) is 0.0784. The zero-order valence-corrected chi connectivity index (χ0v) is 14.2. The SMILES string of the molecule is CC(C)(C)CCS(=O)(=O)NCCCCCCI. The van der Waals surface area contributed by atoms with Crippen LogP contribution < -0.4 is 4.72 Å². The molecule has 5 heteroatoms. The van der Waals surface area contributed by atoms with E-state index in [9.17, 15) is 8.42 Å². The van der Waals surface area contributed by atoms with E-state index in [2.05, 4.69) is 48.1 Å². The van der Waals surface area contributed by atoms with Crippen molar-refractivity contribution in [1.82, 2.24) is 4.72 Å².